The van der Waals surface area contributed by atoms with Gasteiger partial charge in [0.15, 0.2) is 9.84 Å². The predicted molar refractivity (Wildman–Crippen MR) is 125 cm³/mol. The van der Waals surface area contributed by atoms with Crippen LogP contribution in [-0.2, 0) is 26.0 Å². The highest BCUT2D eigenvalue weighted by Crippen LogP contribution is 2.31. The number of nitrogens with zero attached hydrogens (tertiary/aromatic N) is 4. The van der Waals surface area contributed by atoms with Crippen molar-refractivity contribution in [2.75, 3.05) is 25.1 Å². The van der Waals surface area contributed by atoms with Gasteiger partial charge in [-0.2, -0.15) is 5.10 Å². The van der Waals surface area contributed by atoms with Gasteiger partial charge in [-0.15, -0.1) is 0 Å². The first-order valence-corrected chi connectivity index (χ1v) is 13.2. The normalized spacial score (nSPS) is 23.2. The van der Waals surface area contributed by atoms with E-state index in [-0.39, 0.29) is 47.7 Å². The van der Waals surface area contributed by atoms with E-state index in [1.54, 1.807) is 16.8 Å². The molecular weight excluding hydrogens is 440 g/mol. The van der Waals surface area contributed by atoms with E-state index in [0.29, 0.717) is 19.5 Å². The number of aromatic nitrogens is 2. The third-order valence-corrected chi connectivity index (χ3v) is 8.81. The lowest BCUT2D eigenvalue weighted by molar-refractivity contribution is -0.135. The summed E-state index contributed by atoms with van der Waals surface area (Å²) >= 11 is 0. The fourth-order valence-electron chi connectivity index (χ4n) is 5.06. The zero-order valence-electron chi connectivity index (χ0n) is 19.7. The Kier molecular flexibility index (Phi) is 6.35. The smallest absolute Gasteiger partial charge is 0.228 e. The first-order chi connectivity index (χ1) is 15.6. The highest BCUT2D eigenvalue weighted by molar-refractivity contribution is 7.91. The average Bonchev–Trinajstić information content (AvgIpc) is 3.43. The molecular formula is C24H32N4O4S. The van der Waals surface area contributed by atoms with E-state index in [1.807, 2.05) is 55.8 Å². The molecule has 3 heterocycles. The van der Waals surface area contributed by atoms with Crippen molar-refractivity contribution in [1.82, 2.24) is 19.6 Å². The summed E-state index contributed by atoms with van der Waals surface area (Å²) in [6.45, 7) is 6.61. The summed E-state index contributed by atoms with van der Waals surface area (Å²) in [6.07, 6.45) is 0.787. The van der Waals surface area contributed by atoms with E-state index in [2.05, 4.69) is 5.10 Å². The molecule has 9 heteroatoms. The zero-order chi connectivity index (χ0) is 23.9. The number of likely N-dealkylation sites (tertiary alicyclic amines) is 1. The van der Waals surface area contributed by atoms with Crippen LogP contribution in [0.15, 0.2) is 30.3 Å². The molecule has 33 heavy (non-hydrogen) atoms. The summed E-state index contributed by atoms with van der Waals surface area (Å²) in [5.41, 5.74) is 3.70. The van der Waals surface area contributed by atoms with Crippen molar-refractivity contribution in [3.8, 4) is 0 Å². The van der Waals surface area contributed by atoms with Gasteiger partial charge in [-0.05, 0) is 32.8 Å². The third-order valence-electron chi connectivity index (χ3n) is 7.06. The minimum atomic E-state index is -3.01. The minimum absolute atomic E-state index is 0.000673. The maximum absolute atomic E-state index is 13.2. The van der Waals surface area contributed by atoms with Crippen molar-refractivity contribution in [2.24, 2.45) is 5.92 Å². The van der Waals surface area contributed by atoms with Gasteiger partial charge in [0, 0.05) is 37.8 Å². The molecule has 0 unspecified atom stereocenters. The monoisotopic (exact) mass is 472 g/mol. The Morgan fingerprint density at radius 3 is 2.58 bits per heavy atom. The molecule has 0 radical (unpaired) electrons. The lowest BCUT2D eigenvalue weighted by atomic mass is 10.1. The summed E-state index contributed by atoms with van der Waals surface area (Å²) in [6, 6.07) is 9.62. The van der Waals surface area contributed by atoms with E-state index >= 15 is 0 Å². The molecule has 2 fully saturated rings. The van der Waals surface area contributed by atoms with Crippen LogP contribution in [-0.4, -0.2) is 64.9 Å². The fourth-order valence-corrected chi connectivity index (χ4v) is 6.75. The summed E-state index contributed by atoms with van der Waals surface area (Å²) < 4.78 is 25.6. The van der Waals surface area contributed by atoms with Crippen molar-refractivity contribution in [3.63, 3.8) is 0 Å². The van der Waals surface area contributed by atoms with Gasteiger partial charge in [-0.25, -0.2) is 8.42 Å². The molecule has 8 nitrogen and oxygen atoms in total. The summed E-state index contributed by atoms with van der Waals surface area (Å²) in [4.78, 5) is 29.4. The van der Waals surface area contributed by atoms with Crippen molar-refractivity contribution in [2.45, 2.75) is 52.2 Å². The molecule has 2 aliphatic heterocycles. The quantitative estimate of drug-likeness (QED) is 0.644. The standard InChI is InChI=1S/C24H32N4O4S/c1-16-22(18(3)28(25-16)21-10-11-33(31,32)15-21)14-26(4)24(30)20-12-23(29)27(13-20)17(2)19-8-6-5-7-9-19/h5-9,17,20-21H,10-15H2,1-4H3/t17-,20-,21+/m0/s1. The zero-order valence-corrected chi connectivity index (χ0v) is 20.5. The number of rotatable bonds is 6. The molecule has 2 saturated heterocycles. The molecule has 0 bridgehead atoms. The maximum Gasteiger partial charge on any atom is 0.228 e. The molecule has 4 rings (SSSR count). The summed E-state index contributed by atoms with van der Waals surface area (Å²) in [5, 5.41) is 4.60. The van der Waals surface area contributed by atoms with Crippen LogP contribution < -0.4 is 0 Å². The Labute approximate surface area is 195 Å². The minimum Gasteiger partial charge on any atom is -0.341 e. The van der Waals surface area contributed by atoms with Gasteiger partial charge in [0.2, 0.25) is 11.8 Å². The molecule has 1 aromatic heterocycles. The van der Waals surface area contributed by atoms with Crippen molar-refractivity contribution >= 4 is 21.7 Å². The van der Waals surface area contributed by atoms with Crippen LogP contribution in [0, 0.1) is 19.8 Å². The van der Waals surface area contributed by atoms with Gasteiger partial charge in [0.1, 0.15) is 0 Å². The van der Waals surface area contributed by atoms with E-state index in [9.17, 15) is 18.0 Å². The van der Waals surface area contributed by atoms with Crippen LogP contribution in [0.4, 0.5) is 0 Å². The molecule has 2 aliphatic rings. The van der Waals surface area contributed by atoms with Gasteiger partial charge in [-0.1, -0.05) is 30.3 Å². The topological polar surface area (TPSA) is 92.6 Å². The highest BCUT2D eigenvalue weighted by atomic mass is 32.2. The number of carbonyl (C=O) groups is 2. The van der Waals surface area contributed by atoms with E-state index < -0.39 is 9.84 Å². The number of hydrogen-bond donors (Lipinski definition) is 0. The molecule has 0 saturated carbocycles. The van der Waals surface area contributed by atoms with E-state index in [4.69, 9.17) is 0 Å². The first kappa shape index (κ1) is 23.5. The van der Waals surface area contributed by atoms with Crippen LogP contribution in [0.3, 0.4) is 0 Å². The Bertz CT molecular complexity index is 1160. The molecule has 2 aromatic rings. The number of amides is 2. The van der Waals surface area contributed by atoms with Crippen LogP contribution in [0.2, 0.25) is 0 Å². The second-order valence-corrected chi connectivity index (χ2v) is 11.6. The van der Waals surface area contributed by atoms with Gasteiger partial charge in [0.05, 0.1) is 35.2 Å². The molecule has 178 valence electrons. The molecule has 0 aliphatic carbocycles. The van der Waals surface area contributed by atoms with Gasteiger partial charge in [-0.3, -0.25) is 14.3 Å². The van der Waals surface area contributed by atoms with E-state index in [0.717, 1.165) is 22.5 Å². The van der Waals surface area contributed by atoms with Gasteiger partial charge < -0.3 is 9.80 Å². The molecule has 3 atom stereocenters. The fraction of sp³-hybridized carbons (Fsp3) is 0.542. The molecule has 2 amide bonds. The Hall–Kier alpha value is -2.68. The number of benzene rings is 1. The second kappa shape index (κ2) is 8.93. The average molecular weight is 473 g/mol. The predicted octanol–water partition coefficient (Wildman–Crippen LogP) is 2.43. The van der Waals surface area contributed by atoms with E-state index in [1.165, 1.54) is 0 Å². The largest absolute Gasteiger partial charge is 0.341 e. The Morgan fingerprint density at radius 2 is 1.94 bits per heavy atom. The van der Waals surface area contributed by atoms with Crippen molar-refractivity contribution < 1.29 is 18.0 Å². The number of hydrogen-bond acceptors (Lipinski definition) is 5. The Morgan fingerprint density at radius 1 is 1.24 bits per heavy atom. The first-order valence-electron chi connectivity index (χ1n) is 11.4. The Balaban J connectivity index is 1.44. The molecule has 1 aromatic carbocycles. The SMILES string of the molecule is Cc1nn([C@@H]2CCS(=O)(=O)C2)c(C)c1CN(C)C(=O)[C@H]1CC(=O)N([C@@H](C)c2ccccc2)C1. The molecule has 0 spiro atoms. The third kappa shape index (κ3) is 4.69. The molecule has 0 N–H and O–H groups in total. The summed E-state index contributed by atoms with van der Waals surface area (Å²) in [5.74, 6) is -0.119. The van der Waals surface area contributed by atoms with Gasteiger partial charge >= 0.3 is 0 Å². The highest BCUT2D eigenvalue weighted by Gasteiger charge is 2.38. The lowest BCUT2D eigenvalue weighted by Gasteiger charge is -2.26. The van der Waals surface area contributed by atoms with Crippen molar-refractivity contribution in [3.05, 3.63) is 52.8 Å². The number of sulfone groups is 1. The van der Waals surface area contributed by atoms with Gasteiger partial charge in [0.25, 0.3) is 0 Å². The number of carbonyl (C=O) groups excluding carboxylic acids is 2. The lowest BCUT2D eigenvalue weighted by Crippen LogP contribution is -2.35. The van der Waals surface area contributed by atoms with Crippen LogP contribution in [0.25, 0.3) is 0 Å². The van der Waals surface area contributed by atoms with Crippen LogP contribution in [0.5, 0.6) is 0 Å². The van der Waals surface area contributed by atoms with Crippen molar-refractivity contribution in [1.29, 1.82) is 0 Å². The van der Waals surface area contributed by atoms with Crippen LogP contribution >= 0.6 is 0 Å². The summed E-state index contributed by atoms with van der Waals surface area (Å²) in [7, 11) is -1.25. The second-order valence-electron chi connectivity index (χ2n) is 9.38. The maximum atomic E-state index is 13.2. The number of aryl methyl sites for hydroxylation is 1. The van der Waals surface area contributed by atoms with Crippen LogP contribution in [0.1, 0.15) is 54.4 Å².